The minimum absolute atomic E-state index is 0.646. The Morgan fingerprint density at radius 3 is 2.70 bits per heavy atom. The summed E-state index contributed by atoms with van der Waals surface area (Å²) in [7, 11) is 0. The fourth-order valence-electron chi connectivity index (χ4n) is 0.615. The van der Waals surface area contributed by atoms with Gasteiger partial charge in [-0.15, -0.1) is 0 Å². The lowest BCUT2D eigenvalue weighted by Gasteiger charge is -2.04. The number of hydrogen-bond donors (Lipinski definition) is 0. The summed E-state index contributed by atoms with van der Waals surface area (Å²) in [6.45, 7) is 9.69. The maximum Gasteiger partial charge on any atom is 0.0497 e. The molecular formula is C9H18O. The summed E-state index contributed by atoms with van der Waals surface area (Å²) in [5.74, 6) is 0.646. The summed E-state index contributed by atoms with van der Waals surface area (Å²) in [4.78, 5) is 0. The van der Waals surface area contributed by atoms with Crippen LogP contribution in [-0.4, -0.2) is 13.2 Å². The van der Waals surface area contributed by atoms with E-state index in [1.807, 2.05) is 0 Å². The third kappa shape index (κ3) is 7.96. The van der Waals surface area contributed by atoms with Crippen LogP contribution >= 0.6 is 0 Å². The lowest BCUT2D eigenvalue weighted by molar-refractivity contribution is 0.126. The van der Waals surface area contributed by atoms with Crippen molar-refractivity contribution in [3.8, 4) is 0 Å². The number of hydrogen-bond acceptors (Lipinski definition) is 1. The molecule has 0 N–H and O–H groups in total. The van der Waals surface area contributed by atoms with Crippen molar-refractivity contribution in [2.75, 3.05) is 13.2 Å². The Morgan fingerprint density at radius 2 is 2.20 bits per heavy atom. The van der Waals surface area contributed by atoms with E-state index >= 15 is 0 Å². The van der Waals surface area contributed by atoms with Gasteiger partial charge < -0.3 is 4.74 Å². The highest BCUT2D eigenvalue weighted by Gasteiger charge is 1.92. The molecule has 0 bridgehead atoms. The lowest BCUT2D eigenvalue weighted by atomic mass is 10.2. The van der Waals surface area contributed by atoms with Crippen LogP contribution in [0, 0.1) is 19.3 Å². The summed E-state index contributed by atoms with van der Waals surface area (Å²) in [6.07, 6.45) is 4.18. The Bertz CT molecular complexity index is 59.7. The van der Waals surface area contributed by atoms with Crippen molar-refractivity contribution < 1.29 is 4.74 Å². The first-order valence-corrected chi connectivity index (χ1v) is 3.96. The number of unbranched alkanes of at least 4 members (excludes halogenated alkanes) is 2. The fraction of sp³-hybridized carbons (Fsp3) is 0.778. The molecular weight excluding hydrogens is 124 g/mol. The molecule has 0 aliphatic carbocycles. The molecule has 1 heteroatoms. The van der Waals surface area contributed by atoms with Crippen LogP contribution < -0.4 is 0 Å². The first-order valence-electron chi connectivity index (χ1n) is 3.96. The first-order chi connectivity index (χ1) is 4.77. The minimum atomic E-state index is 0.646. The van der Waals surface area contributed by atoms with Gasteiger partial charge in [-0.05, 0) is 18.8 Å². The maximum atomic E-state index is 5.31. The fourth-order valence-corrected chi connectivity index (χ4v) is 0.615. The molecule has 0 unspecified atom stereocenters. The maximum absolute atomic E-state index is 5.31. The van der Waals surface area contributed by atoms with Crippen molar-refractivity contribution in [3.05, 3.63) is 13.3 Å². The third-order valence-corrected chi connectivity index (χ3v) is 1.10. The Labute approximate surface area is 64.8 Å². The normalized spacial score (nSPS) is 10.8. The Morgan fingerprint density at radius 1 is 1.50 bits per heavy atom. The average Bonchev–Trinajstić information content (AvgIpc) is 1.87. The highest BCUT2D eigenvalue weighted by molar-refractivity contribution is 4.63. The smallest absolute Gasteiger partial charge is 0.0497 e. The van der Waals surface area contributed by atoms with Gasteiger partial charge >= 0.3 is 0 Å². The predicted molar refractivity (Wildman–Crippen MR) is 44.5 cm³/mol. The van der Waals surface area contributed by atoms with Crippen molar-refractivity contribution in [2.24, 2.45) is 5.92 Å². The molecule has 0 aromatic heterocycles. The van der Waals surface area contributed by atoms with E-state index in [0.29, 0.717) is 5.92 Å². The second-order valence-corrected chi connectivity index (χ2v) is 2.86. The van der Waals surface area contributed by atoms with E-state index in [2.05, 4.69) is 27.2 Å². The zero-order valence-electron chi connectivity index (χ0n) is 7.10. The van der Waals surface area contributed by atoms with E-state index in [9.17, 15) is 0 Å². The summed E-state index contributed by atoms with van der Waals surface area (Å²) in [5.41, 5.74) is 0. The molecule has 0 aliphatic rings. The Balaban J connectivity index is 2.77. The predicted octanol–water partition coefficient (Wildman–Crippen LogP) is 2.48. The molecule has 10 heavy (non-hydrogen) atoms. The summed E-state index contributed by atoms with van der Waals surface area (Å²) in [6, 6.07) is 0. The lowest BCUT2D eigenvalue weighted by Crippen LogP contribution is -2.03. The van der Waals surface area contributed by atoms with Crippen LogP contribution in [0.2, 0.25) is 0 Å². The van der Waals surface area contributed by atoms with Gasteiger partial charge in [-0.2, -0.15) is 0 Å². The van der Waals surface area contributed by atoms with Crippen LogP contribution in [0.25, 0.3) is 0 Å². The van der Waals surface area contributed by atoms with Gasteiger partial charge in [-0.3, -0.25) is 0 Å². The molecule has 0 heterocycles. The van der Waals surface area contributed by atoms with E-state index in [-0.39, 0.29) is 0 Å². The average molecular weight is 142 g/mol. The van der Waals surface area contributed by atoms with Gasteiger partial charge in [0.25, 0.3) is 0 Å². The van der Waals surface area contributed by atoms with E-state index in [1.54, 1.807) is 0 Å². The molecule has 0 rings (SSSR count). The minimum Gasteiger partial charge on any atom is -0.381 e. The van der Waals surface area contributed by atoms with E-state index in [4.69, 9.17) is 4.74 Å². The van der Waals surface area contributed by atoms with Crippen LogP contribution in [-0.2, 0) is 4.74 Å². The van der Waals surface area contributed by atoms with Crippen molar-refractivity contribution in [1.82, 2.24) is 0 Å². The van der Waals surface area contributed by atoms with Crippen molar-refractivity contribution in [1.29, 1.82) is 0 Å². The first kappa shape index (κ1) is 9.96. The second-order valence-electron chi connectivity index (χ2n) is 2.86. The molecule has 0 saturated heterocycles. The van der Waals surface area contributed by atoms with E-state index < -0.39 is 0 Å². The molecule has 0 fully saturated rings. The van der Waals surface area contributed by atoms with Crippen LogP contribution in [0.4, 0.5) is 0 Å². The van der Waals surface area contributed by atoms with Crippen LogP contribution in [0.3, 0.4) is 0 Å². The van der Waals surface area contributed by atoms with Crippen molar-refractivity contribution in [2.45, 2.75) is 26.7 Å². The molecule has 0 atom stereocenters. The van der Waals surface area contributed by atoms with Gasteiger partial charge in [0.2, 0.25) is 0 Å². The van der Waals surface area contributed by atoms with Crippen molar-refractivity contribution in [3.63, 3.8) is 0 Å². The SMILES string of the molecule is [CH2]CC[CH]COCC(C)C. The van der Waals surface area contributed by atoms with Crippen LogP contribution in [0.1, 0.15) is 26.7 Å². The largest absolute Gasteiger partial charge is 0.381 e. The zero-order chi connectivity index (χ0) is 7.82. The van der Waals surface area contributed by atoms with Crippen LogP contribution in [0.15, 0.2) is 0 Å². The third-order valence-electron chi connectivity index (χ3n) is 1.10. The molecule has 0 aromatic rings. The molecule has 60 valence electrons. The molecule has 1 nitrogen and oxygen atoms in total. The Hall–Kier alpha value is -0.0400. The van der Waals surface area contributed by atoms with Gasteiger partial charge in [0.05, 0.1) is 0 Å². The van der Waals surface area contributed by atoms with Gasteiger partial charge in [-0.1, -0.05) is 27.2 Å². The standard InChI is InChI=1S/C9H18O/c1-4-5-6-7-10-8-9(2)3/h6,9H,1,4-5,7-8H2,2-3H3. The summed E-state index contributed by atoms with van der Waals surface area (Å²) in [5, 5.41) is 0. The van der Waals surface area contributed by atoms with Crippen molar-refractivity contribution >= 4 is 0 Å². The van der Waals surface area contributed by atoms with Crippen LogP contribution in [0.5, 0.6) is 0 Å². The zero-order valence-corrected chi connectivity index (χ0v) is 7.10. The molecule has 0 saturated carbocycles. The molecule has 0 amide bonds. The molecule has 2 radical (unpaired) electrons. The van der Waals surface area contributed by atoms with Gasteiger partial charge in [-0.25, -0.2) is 0 Å². The molecule has 0 spiro atoms. The van der Waals surface area contributed by atoms with E-state index in [1.165, 1.54) is 0 Å². The van der Waals surface area contributed by atoms with E-state index in [0.717, 1.165) is 26.1 Å². The topological polar surface area (TPSA) is 9.23 Å². The Kier molecular flexibility index (Phi) is 7.04. The molecule has 0 aliphatic heterocycles. The van der Waals surface area contributed by atoms with Gasteiger partial charge in [0, 0.05) is 13.2 Å². The molecule has 0 aromatic carbocycles. The van der Waals surface area contributed by atoms with Gasteiger partial charge in [0.15, 0.2) is 0 Å². The van der Waals surface area contributed by atoms with Gasteiger partial charge in [0.1, 0.15) is 0 Å². The number of ether oxygens (including phenoxy) is 1. The monoisotopic (exact) mass is 142 g/mol. The summed E-state index contributed by atoms with van der Waals surface area (Å²) < 4.78 is 5.31. The quantitative estimate of drug-likeness (QED) is 0.518. The summed E-state index contributed by atoms with van der Waals surface area (Å²) >= 11 is 0. The highest BCUT2D eigenvalue weighted by atomic mass is 16.5. The second kappa shape index (κ2) is 7.07. The number of rotatable bonds is 6. The highest BCUT2D eigenvalue weighted by Crippen LogP contribution is 1.96.